The summed E-state index contributed by atoms with van der Waals surface area (Å²) in [5, 5.41) is 2.97. The second-order valence-electron chi connectivity index (χ2n) is 9.61. The van der Waals surface area contributed by atoms with E-state index in [1.54, 1.807) is 34.4 Å². The molecule has 2 aromatic carbocycles. The van der Waals surface area contributed by atoms with Crippen LogP contribution in [-0.2, 0) is 16.0 Å². The van der Waals surface area contributed by atoms with E-state index in [0.717, 1.165) is 34.9 Å². The van der Waals surface area contributed by atoms with Gasteiger partial charge in [0.15, 0.2) is 5.78 Å². The fourth-order valence-electron chi connectivity index (χ4n) is 4.40. The summed E-state index contributed by atoms with van der Waals surface area (Å²) in [5.41, 5.74) is 1.07. The standard InChI is InChI=1S/C27H30FNO3S/c1-27(2,3)32-26(31)29-15-8-4-5-13-22(29)23(30)16-18-10-9-12-20(25(18)28)21-17-33-24-14-7-6-11-19(21)24/h6-7,9-12,14,17,22H,4-5,8,13,15-16H2,1-3H3/t22-/m0/s1. The first kappa shape index (κ1) is 23.4. The molecular weight excluding hydrogens is 437 g/mol. The Kier molecular flexibility index (Phi) is 6.84. The number of hydrogen-bond donors (Lipinski definition) is 0. The molecule has 1 amide bonds. The quantitative estimate of drug-likeness (QED) is 0.415. The minimum Gasteiger partial charge on any atom is -0.444 e. The first-order chi connectivity index (χ1) is 15.7. The van der Waals surface area contributed by atoms with Crippen molar-refractivity contribution in [2.24, 2.45) is 0 Å². The predicted molar refractivity (Wildman–Crippen MR) is 131 cm³/mol. The second-order valence-corrected chi connectivity index (χ2v) is 10.5. The number of hydrogen-bond acceptors (Lipinski definition) is 4. The van der Waals surface area contributed by atoms with Crippen LogP contribution < -0.4 is 0 Å². The fourth-order valence-corrected chi connectivity index (χ4v) is 5.36. The van der Waals surface area contributed by atoms with Crippen LogP contribution in [-0.4, -0.2) is 35.0 Å². The molecule has 0 unspecified atom stereocenters. The molecule has 0 radical (unpaired) electrons. The number of nitrogens with zero attached hydrogens (tertiary/aromatic N) is 1. The number of likely N-dealkylation sites (tertiary alicyclic amines) is 1. The number of ether oxygens (including phenoxy) is 1. The molecule has 2 heterocycles. The lowest BCUT2D eigenvalue weighted by Gasteiger charge is -2.31. The Hall–Kier alpha value is -2.73. The van der Waals surface area contributed by atoms with Gasteiger partial charge in [-0.3, -0.25) is 9.69 Å². The largest absolute Gasteiger partial charge is 0.444 e. The van der Waals surface area contributed by atoms with Crippen LogP contribution in [0.25, 0.3) is 21.2 Å². The molecule has 4 nitrogen and oxygen atoms in total. The van der Waals surface area contributed by atoms with E-state index < -0.39 is 17.7 Å². The van der Waals surface area contributed by atoms with E-state index in [9.17, 15) is 9.59 Å². The SMILES string of the molecule is CC(C)(C)OC(=O)N1CCCCC[C@H]1C(=O)Cc1cccc(-c2csc3ccccc23)c1F. The molecule has 1 saturated heterocycles. The van der Waals surface area contributed by atoms with Gasteiger partial charge in [-0.1, -0.05) is 49.2 Å². The maximum Gasteiger partial charge on any atom is 0.410 e. The highest BCUT2D eigenvalue weighted by Crippen LogP contribution is 2.36. The van der Waals surface area contributed by atoms with Gasteiger partial charge in [0.1, 0.15) is 11.4 Å². The van der Waals surface area contributed by atoms with Crippen LogP contribution in [0.4, 0.5) is 9.18 Å². The minimum absolute atomic E-state index is 0.0499. The molecule has 6 heteroatoms. The van der Waals surface area contributed by atoms with Crippen molar-refractivity contribution in [2.45, 2.75) is 64.5 Å². The van der Waals surface area contributed by atoms with Crippen molar-refractivity contribution in [1.29, 1.82) is 0 Å². The van der Waals surface area contributed by atoms with Gasteiger partial charge in [-0.15, -0.1) is 11.3 Å². The van der Waals surface area contributed by atoms with Gasteiger partial charge in [-0.05, 0) is 50.6 Å². The van der Waals surface area contributed by atoms with Crippen molar-refractivity contribution < 1.29 is 18.7 Å². The van der Waals surface area contributed by atoms with Crippen LogP contribution in [0.2, 0.25) is 0 Å². The van der Waals surface area contributed by atoms with Gasteiger partial charge in [0.2, 0.25) is 0 Å². The Labute approximate surface area is 198 Å². The molecular formula is C27H30FNO3S. The molecule has 1 aliphatic heterocycles. The zero-order valence-corrected chi connectivity index (χ0v) is 20.2. The number of benzene rings is 2. The number of rotatable bonds is 4. The van der Waals surface area contributed by atoms with Crippen molar-refractivity contribution in [1.82, 2.24) is 4.90 Å². The molecule has 1 atom stereocenters. The van der Waals surface area contributed by atoms with Crippen molar-refractivity contribution in [2.75, 3.05) is 6.54 Å². The van der Waals surface area contributed by atoms with Gasteiger partial charge in [-0.2, -0.15) is 0 Å². The van der Waals surface area contributed by atoms with E-state index in [-0.39, 0.29) is 18.0 Å². The third-order valence-electron chi connectivity index (χ3n) is 5.97. The van der Waals surface area contributed by atoms with Crippen molar-refractivity contribution in [3.8, 4) is 11.1 Å². The summed E-state index contributed by atoms with van der Waals surface area (Å²) in [4.78, 5) is 27.7. The van der Waals surface area contributed by atoms with Gasteiger partial charge >= 0.3 is 6.09 Å². The van der Waals surface area contributed by atoms with Crippen LogP contribution in [0.15, 0.2) is 47.8 Å². The zero-order chi connectivity index (χ0) is 23.6. The lowest BCUT2D eigenvalue weighted by Crippen LogP contribution is -2.47. The van der Waals surface area contributed by atoms with Gasteiger partial charge in [0.25, 0.3) is 0 Å². The molecule has 4 rings (SSSR count). The summed E-state index contributed by atoms with van der Waals surface area (Å²) in [7, 11) is 0. The number of ketones is 1. The Bertz CT molecular complexity index is 1160. The van der Waals surface area contributed by atoms with Crippen LogP contribution in [0.1, 0.15) is 52.0 Å². The normalized spacial score (nSPS) is 17.1. The van der Waals surface area contributed by atoms with Crippen molar-refractivity contribution in [3.05, 3.63) is 59.2 Å². The highest BCUT2D eigenvalue weighted by molar-refractivity contribution is 7.17. The Morgan fingerprint density at radius 1 is 1.06 bits per heavy atom. The number of halogens is 1. The maximum absolute atomic E-state index is 15.6. The van der Waals surface area contributed by atoms with Crippen molar-refractivity contribution in [3.63, 3.8) is 0 Å². The van der Waals surface area contributed by atoms with Crippen LogP contribution in [0, 0.1) is 5.82 Å². The molecule has 0 bridgehead atoms. The lowest BCUT2D eigenvalue weighted by molar-refractivity contribution is -0.123. The third-order valence-corrected chi connectivity index (χ3v) is 6.93. The predicted octanol–water partition coefficient (Wildman–Crippen LogP) is 7.00. The number of thiophene rings is 1. The second kappa shape index (κ2) is 9.64. The summed E-state index contributed by atoms with van der Waals surface area (Å²) in [5.74, 6) is -0.513. The summed E-state index contributed by atoms with van der Waals surface area (Å²) in [6.07, 6.45) is 2.71. The Balaban J connectivity index is 1.59. The molecule has 0 saturated carbocycles. The molecule has 174 valence electrons. The van der Waals surface area contributed by atoms with Gasteiger partial charge < -0.3 is 4.74 Å². The third kappa shape index (κ3) is 5.27. The topological polar surface area (TPSA) is 46.6 Å². The molecule has 0 spiro atoms. The average molecular weight is 468 g/mol. The van der Waals surface area contributed by atoms with E-state index in [1.165, 1.54) is 0 Å². The van der Waals surface area contributed by atoms with E-state index in [1.807, 2.05) is 50.4 Å². The Morgan fingerprint density at radius 2 is 1.85 bits per heavy atom. The smallest absolute Gasteiger partial charge is 0.410 e. The van der Waals surface area contributed by atoms with Crippen LogP contribution in [0.5, 0.6) is 0 Å². The Morgan fingerprint density at radius 3 is 2.64 bits per heavy atom. The lowest BCUT2D eigenvalue weighted by atomic mass is 9.95. The van der Waals surface area contributed by atoms with Gasteiger partial charge in [-0.25, -0.2) is 9.18 Å². The van der Waals surface area contributed by atoms with Crippen molar-refractivity contribution >= 4 is 33.3 Å². The first-order valence-electron chi connectivity index (χ1n) is 11.5. The zero-order valence-electron chi connectivity index (χ0n) is 19.4. The van der Waals surface area contributed by atoms with Gasteiger partial charge in [0, 0.05) is 34.2 Å². The fraction of sp³-hybridized carbons (Fsp3) is 0.407. The summed E-state index contributed by atoms with van der Waals surface area (Å²) in [6, 6.07) is 12.6. The molecule has 3 aromatic rings. The highest BCUT2D eigenvalue weighted by Gasteiger charge is 2.34. The summed E-state index contributed by atoms with van der Waals surface area (Å²) < 4.78 is 22.3. The van der Waals surface area contributed by atoms with E-state index in [2.05, 4.69) is 0 Å². The summed E-state index contributed by atoms with van der Waals surface area (Å²) in [6.45, 7) is 5.92. The number of fused-ring (bicyclic) bond motifs is 1. The van der Waals surface area contributed by atoms with E-state index in [4.69, 9.17) is 4.74 Å². The van der Waals surface area contributed by atoms with Crippen LogP contribution in [0.3, 0.4) is 0 Å². The minimum atomic E-state index is -0.638. The highest BCUT2D eigenvalue weighted by atomic mass is 32.1. The number of amides is 1. The molecule has 1 aromatic heterocycles. The van der Waals surface area contributed by atoms with E-state index >= 15 is 4.39 Å². The number of carbonyl (C=O) groups excluding carboxylic acids is 2. The average Bonchev–Trinajstić information content (AvgIpc) is 3.02. The monoisotopic (exact) mass is 467 g/mol. The van der Waals surface area contributed by atoms with E-state index in [0.29, 0.717) is 24.1 Å². The molecule has 0 aliphatic carbocycles. The molecule has 1 fully saturated rings. The number of Topliss-reactive ketones (excluding diaryl/α,β-unsaturated/α-hetero) is 1. The molecule has 1 aliphatic rings. The molecule has 0 N–H and O–H groups in total. The summed E-state index contributed by atoms with van der Waals surface area (Å²) >= 11 is 1.58. The maximum atomic E-state index is 15.6. The number of carbonyl (C=O) groups is 2. The van der Waals surface area contributed by atoms with Gasteiger partial charge in [0.05, 0.1) is 6.04 Å². The first-order valence-corrected chi connectivity index (χ1v) is 12.4. The van der Waals surface area contributed by atoms with Crippen LogP contribution >= 0.6 is 11.3 Å². The molecule has 33 heavy (non-hydrogen) atoms.